The molecule has 4 heterocycles. The van der Waals surface area contributed by atoms with Crippen LogP contribution in [0, 0.1) is 5.92 Å². The number of piperidine rings is 1. The van der Waals surface area contributed by atoms with Gasteiger partial charge in [0.05, 0.1) is 27.9 Å². The van der Waals surface area contributed by atoms with Gasteiger partial charge in [-0.3, -0.25) is 4.79 Å². The second-order valence-electron chi connectivity index (χ2n) is 9.02. The number of rotatable bonds is 4. The van der Waals surface area contributed by atoms with E-state index in [-0.39, 0.29) is 34.4 Å². The molecule has 0 radical (unpaired) electrons. The minimum Gasteiger partial charge on any atom is -0.351 e. The zero-order valence-electron chi connectivity index (χ0n) is 18.4. The monoisotopic (exact) mass is 503 g/mol. The lowest BCUT2D eigenvalue weighted by Crippen LogP contribution is -2.47. The van der Waals surface area contributed by atoms with Crippen molar-refractivity contribution in [2.45, 2.75) is 44.9 Å². The number of amides is 1. The van der Waals surface area contributed by atoms with E-state index >= 15 is 0 Å². The van der Waals surface area contributed by atoms with E-state index in [2.05, 4.69) is 20.6 Å². The van der Waals surface area contributed by atoms with Crippen LogP contribution in [0.15, 0.2) is 12.3 Å². The van der Waals surface area contributed by atoms with Crippen LogP contribution in [0.3, 0.4) is 0 Å². The second kappa shape index (κ2) is 7.91. The van der Waals surface area contributed by atoms with Gasteiger partial charge >= 0.3 is 6.18 Å². The van der Waals surface area contributed by atoms with Crippen molar-refractivity contribution < 1.29 is 26.4 Å². The van der Waals surface area contributed by atoms with E-state index in [1.807, 2.05) is 6.92 Å². The van der Waals surface area contributed by atoms with Crippen LogP contribution in [0.25, 0.3) is 10.6 Å². The van der Waals surface area contributed by atoms with Gasteiger partial charge in [-0.15, -0.1) is 11.3 Å². The number of hydrogen-bond acceptors (Lipinski definition) is 7. The van der Waals surface area contributed by atoms with Gasteiger partial charge < -0.3 is 10.6 Å². The molecule has 2 aliphatic heterocycles. The molecule has 33 heavy (non-hydrogen) atoms. The molecule has 4 rings (SSSR count). The Labute approximate surface area is 193 Å². The van der Waals surface area contributed by atoms with Crippen molar-refractivity contribution in [3.05, 3.63) is 28.3 Å². The highest BCUT2D eigenvalue weighted by Crippen LogP contribution is 2.44. The molecule has 0 bridgehead atoms. The number of aromatic nitrogens is 2. The third kappa shape index (κ3) is 4.58. The van der Waals surface area contributed by atoms with Crippen molar-refractivity contribution in [3.8, 4) is 10.6 Å². The Bertz CT molecular complexity index is 1210. The number of thiophene rings is 1. The molecule has 1 amide bonds. The van der Waals surface area contributed by atoms with E-state index in [0.717, 1.165) is 23.8 Å². The first kappa shape index (κ1) is 23.9. The van der Waals surface area contributed by atoms with E-state index in [1.165, 1.54) is 10.4 Å². The molecule has 0 unspecified atom stereocenters. The normalized spacial score (nSPS) is 23.3. The van der Waals surface area contributed by atoms with Crippen LogP contribution in [-0.4, -0.2) is 54.0 Å². The Morgan fingerprint density at radius 3 is 2.61 bits per heavy atom. The summed E-state index contributed by atoms with van der Waals surface area (Å²) in [5.74, 6) is -0.400. The highest BCUT2D eigenvalue weighted by Gasteiger charge is 2.41. The summed E-state index contributed by atoms with van der Waals surface area (Å²) in [7, 11) is -3.31. The lowest BCUT2D eigenvalue weighted by molar-refractivity contribution is -0.137. The lowest BCUT2D eigenvalue weighted by Gasteiger charge is -2.35. The lowest BCUT2D eigenvalue weighted by atomic mass is 9.95. The number of nitrogens with one attached hydrogen (secondary N) is 2. The van der Waals surface area contributed by atoms with Gasteiger partial charge in [-0.25, -0.2) is 22.7 Å². The van der Waals surface area contributed by atoms with E-state index in [4.69, 9.17) is 0 Å². The van der Waals surface area contributed by atoms with E-state index in [0.29, 0.717) is 30.0 Å². The maximum absolute atomic E-state index is 13.7. The average Bonchev–Trinajstić information content (AvgIpc) is 3.22. The fourth-order valence-corrected chi connectivity index (χ4v) is 6.34. The molecule has 1 saturated heterocycles. The van der Waals surface area contributed by atoms with E-state index in [1.54, 1.807) is 13.8 Å². The van der Waals surface area contributed by atoms with Gasteiger partial charge in [-0.05, 0) is 32.3 Å². The van der Waals surface area contributed by atoms with Gasteiger partial charge in [0.1, 0.15) is 5.56 Å². The highest BCUT2D eigenvalue weighted by molar-refractivity contribution is 7.88. The van der Waals surface area contributed by atoms with Crippen molar-refractivity contribution in [1.82, 2.24) is 19.6 Å². The summed E-state index contributed by atoms with van der Waals surface area (Å²) in [5.41, 5.74) is -1.59. The quantitative estimate of drug-likeness (QED) is 0.664. The molecule has 1 fully saturated rings. The van der Waals surface area contributed by atoms with Crippen LogP contribution in [-0.2, 0) is 21.7 Å². The summed E-state index contributed by atoms with van der Waals surface area (Å²) in [6, 6.07) is 1.24. The largest absolute Gasteiger partial charge is 0.420 e. The standard InChI is InChI=1S/C20H24F3N5O3S2/c1-10-9-28(33(4,30)31)6-5-13(10)25-18-24-8-12(20(21,22)23)15(26-18)14-7-11-16(32-14)19(2,3)27-17(11)29/h7-8,10,13H,5-6,9H2,1-4H3,(H,27,29)(H,24,25,26)/t10-,13+/m1/s1. The molecule has 0 spiro atoms. The molecule has 2 N–H and O–H groups in total. The van der Waals surface area contributed by atoms with Crippen molar-refractivity contribution in [2.24, 2.45) is 5.92 Å². The first-order valence-corrected chi connectivity index (χ1v) is 13.0. The van der Waals surface area contributed by atoms with E-state index in [9.17, 15) is 26.4 Å². The van der Waals surface area contributed by atoms with Crippen LogP contribution in [0.2, 0.25) is 0 Å². The summed E-state index contributed by atoms with van der Waals surface area (Å²) < 4.78 is 66.2. The fraction of sp³-hybridized carbons (Fsp3) is 0.550. The third-order valence-corrected chi connectivity index (χ3v) is 8.68. The number of nitrogens with zero attached hydrogens (tertiary/aromatic N) is 3. The molecule has 2 aromatic rings. The zero-order valence-corrected chi connectivity index (χ0v) is 20.1. The molecule has 2 aromatic heterocycles. The summed E-state index contributed by atoms with van der Waals surface area (Å²) in [5, 5.41) is 5.88. The van der Waals surface area contributed by atoms with Crippen molar-refractivity contribution >= 4 is 33.2 Å². The number of anilines is 1. The molecular weight excluding hydrogens is 479 g/mol. The Hall–Kier alpha value is -2.25. The maximum Gasteiger partial charge on any atom is 0.420 e. The fourth-order valence-electron chi connectivity index (χ4n) is 4.18. The molecule has 0 aliphatic carbocycles. The van der Waals surface area contributed by atoms with Crippen LogP contribution < -0.4 is 10.6 Å². The molecule has 13 heteroatoms. The summed E-state index contributed by atoms with van der Waals surface area (Å²) in [4.78, 5) is 21.2. The highest BCUT2D eigenvalue weighted by atomic mass is 32.2. The van der Waals surface area contributed by atoms with Gasteiger partial charge in [-0.1, -0.05) is 6.92 Å². The smallest absolute Gasteiger partial charge is 0.351 e. The number of halogens is 3. The van der Waals surface area contributed by atoms with Gasteiger partial charge in [-0.2, -0.15) is 13.2 Å². The Morgan fingerprint density at radius 1 is 1.33 bits per heavy atom. The van der Waals surface area contributed by atoms with Crippen LogP contribution in [0.5, 0.6) is 0 Å². The number of sulfonamides is 1. The second-order valence-corrected chi connectivity index (χ2v) is 12.1. The molecule has 0 saturated carbocycles. The predicted molar refractivity (Wildman–Crippen MR) is 118 cm³/mol. The van der Waals surface area contributed by atoms with Crippen molar-refractivity contribution in [1.29, 1.82) is 0 Å². The summed E-state index contributed by atoms with van der Waals surface area (Å²) in [6.07, 6.45) is -2.31. The Morgan fingerprint density at radius 2 is 2.03 bits per heavy atom. The number of carbonyl (C=O) groups excluding carboxylic acids is 1. The first-order valence-electron chi connectivity index (χ1n) is 10.3. The van der Waals surface area contributed by atoms with Gasteiger partial charge in [0.15, 0.2) is 0 Å². The predicted octanol–water partition coefficient (Wildman–Crippen LogP) is 3.28. The maximum atomic E-state index is 13.7. The van der Waals surface area contributed by atoms with Gasteiger partial charge in [0.25, 0.3) is 5.91 Å². The third-order valence-electron chi connectivity index (χ3n) is 5.95. The molecular formula is C20H24F3N5O3S2. The molecule has 180 valence electrons. The van der Waals surface area contributed by atoms with Crippen LogP contribution in [0.1, 0.15) is 48.0 Å². The minimum atomic E-state index is -4.67. The van der Waals surface area contributed by atoms with Crippen molar-refractivity contribution in [2.75, 3.05) is 24.7 Å². The SMILES string of the molecule is C[C@@H]1CN(S(C)(=O)=O)CC[C@@H]1Nc1ncc(C(F)(F)F)c(-c2cc3c(s2)C(C)(C)NC3=O)n1. The van der Waals surface area contributed by atoms with Crippen LogP contribution in [0.4, 0.5) is 19.1 Å². The number of alkyl halides is 3. The van der Waals surface area contributed by atoms with Gasteiger partial charge in [0, 0.05) is 30.2 Å². The van der Waals surface area contributed by atoms with Crippen LogP contribution >= 0.6 is 11.3 Å². The van der Waals surface area contributed by atoms with Gasteiger partial charge in [0.2, 0.25) is 16.0 Å². The minimum absolute atomic E-state index is 0.0277. The summed E-state index contributed by atoms with van der Waals surface area (Å²) >= 11 is 1.10. The zero-order chi connectivity index (χ0) is 24.3. The average molecular weight is 504 g/mol. The van der Waals surface area contributed by atoms with E-state index < -0.39 is 27.3 Å². The number of carbonyl (C=O) groups is 1. The number of fused-ring (bicyclic) bond motifs is 1. The molecule has 2 aliphatic rings. The topological polar surface area (TPSA) is 104 Å². The number of hydrogen-bond donors (Lipinski definition) is 2. The first-order chi connectivity index (χ1) is 15.2. The molecule has 2 atom stereocenters. The Kier molecular flexibility index (Phi) is 5.73. The molecule has 8 nitrogen and oxygen atoms in total. The molecule has 0 aromatic carbocycles. The summed E-state index contributed by atoms with van der Waals surface area (Å²) in [6.45, 7) is 6.05. The van der Waals surface area contributed by atoms with Crippen molar-refractivity contribution in [3.63, 3.8) is 0 Å². The Balaban J connectivity index is 1.67.